The summed E-state index contributed by atoms with van der Waals surface area (Å²) >= 11 is 5.62. The van der Waals surface area contributed by atoms with E-state index in [-0.39, 0.29) is 17.2 Å². The van der Waals surface area contributed by atoms with Gasteiger partial charge in [-0.1, -0.05) is 19.1 Å². The van der Waals surface area contributed by atoms with Crippen molar-refractivity contribution >= 4 is 23.2 Å². The van der Waals surface area contributed by atoms with Crippen LogP contribution in [0.4, 0.5) is 5.69 Å². The highest BCUT2D eigenvalue weighted by molar-refractivity contribution is 6.17. The standard InChI is InChI=1S/C13H17ClN2O3/c1-9(6-7-14)8-15-13(17)12-10(2)4-3-5-11(12)16(18)19/h3-5,9H,6-8H2,1-2H3,(H,15,17). The van der Waals surface area contributed by atoms with E-state index >= 15 is 0 Å². The molecule has 1 aromatic rings. The summed E-state index contributed by atoms with van der Waals surface area (Å²) in [5, 5.41) is 13.6. The number of hydrogen-bond acceptors (Lipinski definition) is 3. The van der Waals surface area contributed by atoms with E-state index in [0.717, 1.165) is 6.42 Å². The van der Waals surface area contributed by atoms with Crippen LogP contribution in [0.3, 0.4) is 0 Å². The van der Waals surface area contributed by atoms with Crippen LogP contribution in [0.15, 0.2) is 18.2 Å². The minimum Gasteiger partial charge on any atom is -0.352 e. The van der Waals surface area contributed by atoms with Gasteiger partial charge in [-0.05, 0) is 24.8 Å². The Bertz CT molecular complexity index is 477. The lowest BCUT2D eigenvalue weighted by atomic mass is 10.0. The molecule has 0 aliphatic heterocycles. The van der Waals surface area contributed by atoms with Gasteiger partial charge in [-0.15, -0.1) is 11.6 Å². The first-order valence-electron chi connectivity index (χ1n) is 6.05. The van der Waals surface area contributed by atoms with Crippen molar-refractivity contribution in [1.29, 1.82) is 0 Å². The fourth-order valence-corrected chi connectivity index (χ4v) is 2.12. The van der Waals surface area contributed by atoms with Crippen LogP contribution < -0.4 is 5.32 Å². The third kappa shape index (κ3) is 4.21. The molecule has 5 nitrogen and oxygen atoms in total. The Morgan fingerprint density at radius 2 is 2.21 bits per heavy atom. The van der Waals surface area contributed by atoms with E-state index in [9.17, 15) is 14.9 Å². The highest BCUT2D eigenvalue weighted by atomic mass is 35.5. The third-order valence-electron chi connectivity index (χ3n) is 2.89. The first-order chi connectivity index (χ1) is 8.97. The number of benzene rings is 1. The maximum Gasteiger partial charge on any atom is 0.282 e. The van der Waals surface area contributed by atoms with E-state index in [1.807, 2.05) is 6.92 Å². The number of nitro benzene ring substituents is 1. The second kappa shape index (κ2) is 7.09. The number of hydrogen-bond donors (Lipinski definition) is 1. The second-order valence-corrected chi connectivity index (χ2v) is 4.90. The molecule has 1 atom stereocenters. The van der Waals surface area contributed by atoms with Crippen LogP contribution in [0.5, 0.6) is 0 Å². The molecule has 0 aromatic heterocycles. The first kappa shape index (κ1) is 15.4. The molecule has 1 N–H and O–H groups in total. The number of halogens is 1. The van der Waals surface area contributed by atoms with Crippen molar-refractivity contribution < 1.29 is 9.72 Å². The van der Waals surface area contributed by atoms with Gasteiger partial charge in [0.2, 0.25) is 0 Å². The van der Waals surface area contributed by atoms with Crippen LogP contribution in [-0.4, -0.2) is 23.3 Å². The topological polar surface area (TPSA) is 72.2 Å². The van der Waals surface area contributed by atoms with Crippen molar-refractivity contribution in [3.63, 3.8) is 0 Å². The highest BCUT2D eigenvalue weighted by Crippen LogP contribution is 2.21. The molecule has 6 heteroatoms. The van der Waals surface area contributed by atoms with Gasteiger partial charge in [0.05, 0.1) is 4.92 Å². The number of nitrogens with one attached hydrogen (secondary N) is 1. The van der Waals surface area contributed by atoms with E-state index in [2.05, 4.69) is 5.32 Å². The number of alkyl halides is 1. The SMILES string of the molecule is Cc1cccc([N+](=O)[O-])c1C(=O)NCC(C)CCCl. The maximum atomic E-state index is 12.1. The smallest absolute Gasteiger partial charge is 0.282 e. The Kier molecular flexibility index (Phi) is 5.76. The number of carbonyl (C=O) groups excluding carboxylic acids is 1. The van der Waals surface area contributed by atoms with Crippen LogP contribution in [0, 0.1) is 23.0 Å². The predicted octanol–water partition coefficient (Wildman–Crippen LogP) is 2.90. The monoisotopic (exact) mass is 284 g/mol. The lowest BCUT2D eigenvalue weighted by Gasteiger charge is -2.12. The van der Waals surface area contributed by atoms with Crippen LogP contribution in [0.25, 0.3) is 0 Å². The van der Waals surface area contributed by atoms with Gasteiger partial charge in [-0.25, -0.2) is 0 Å². The molecule has 0 radical (unpaired) electrons. The number of nitrogens with zero attached hydrogens (tertiary/aromatic N) is 1. The van der Waals surface area contributed by atoms with Crippen LogP contribution >= 0.6 is 11.6 Å². The van der Waals surface area contributed by atoms with Crippen molar-refractivity contribution in [3.8, 4) is 0 Å². The number of amides is 1. The molecule has 0 heterocycles. The van der Waals surface area contributed by atoms with Crippen LogP contribution in [0.2, 0.25) is 0 Å². The maximum absolute atomic E-state index is 12.1. The van der Waals surface area contributed by atoms with Gasteiger partial charge in [0.15, 0.2) is 0 Å². The van der Waals surface area contributed by atoms with Crippen molar-refractivity contribution in [2.75, 3.05) is 12.4 Å². The van der Waals surface area contributed by atoms with Gasteiger partial charge in [0.1, 0.15) is 5.56 Å². The Morgan fingerprint density at radius 1 is 1.53 bits per heavy atom. The van der Waals surface area contributed by atoms with E-state index in [1.54, 1.807) is 19.1 Å². The number of nitro groups is 1. The molecule has 0 saturated heterocycles. The lowest BCUT2D eigenvalue weighted by Crippen LogP contribution is -2.29. The zero-order valence-corrected chi connectivity index (χ0v) is 11.7. The Balaban J connectivity index is 2.85. The zero-order chi connectivity index (χ0) is 14.4. The molecule has 0 aliphatic rings. The van der Waals surface area contributed by atoms with E-state index in [4.69, 9.17) is 11.6 Å². The van der Waals surface area contributed by atoms with Gasteiger partial charge in [0.25, 0.3) is 11.6 Å². The molecule has 1 aromatic carbocycles. The third-order valence-corrected chi connectivity index (χ3v) is 3.11. The largest absolute Gasteiger partial charge is 0.352 e. The Hall–Kier alpha value is -1.62. The molecule has 0 aliphatic carbocycles. The predicted molar refractivity (Wildman–Crippen MR) is 74.7 cm³/mol. The van der Waals surface area contributed by atoms with Crippen molar-refractivity contribution in [2.24, 2.45) is 5.92 Å². The Morgan fingerprint density at radius 3 is 2.79 bits per heavy atom. The summed E-state index contributed by atoms with van der Waals surface area (Å²) in [5.41, 5.74) is 0.560. The number of aryl methyl sites for hydroxylation is 1. The van der Waals surface area contributed by atoms with Gasteiger partial charge in [-0.2, -0.15) is 0 Å². The lowest BCUT2D eigenvalue weighted by molar-refractivity contribution is -0.385. The normalized spacial score (nSPS) is 11.9. The fourth-order valence-electron chi connectivity index (χ4n) is 1.74. The quantitative estimate of drug-likeness (QED) is 0.496. The molecule has 0 bridgehead atoms. The van der Waals surface area contributed by atoms with E-state index in [1.165, 1.54) is 6.07 Å². The van der Waals surface area contributed by atoms with Crippen molar-refractivity contribution in [3.05, 3.63) is 39.4 Å². The fraction of sp³-hybridized carbons (Fsp3) is 0.462. The molecule has 1 unspecified atom stereocenters. The average Bonchev–Trinajstić information content (AvgIpc) is 2.36. The molecular formula is C13H17ClN2O3. The van der Waals surface area contributed by atoms with Gasteiger partial charge in [-0.3, -0.25) is 14.9 Å². The summed E-state index contributed by atoms with van der Waals surface area (Å²) in [6.45, 7) is 4.11. The number of rotatable bonds is 6. The van der Waals surface area contributed by atoms with Crippen LogP contribution in [0.1, 0.15) is 29.3 Å². The number of carbonyl (C=O) groups is 1. The van der Waals surface area contributed by atoms with Crippen molar-refractivity contribution in [2.45, 2.75) is 20.3 Å². The molecule has 0 fully saturated rings. The highest BCUT2D eigenvalue weighted by Gasteiger charge is 2.22. The van der Waals surface area contributed by atoms with Gasteiger partial charge >= 0.3 is 0 Å². The van der Waals surface area contributed by atoms with Gasteiger partial charge in [0, 0.05) is 18.5 Å². The first-order valence-corrected chi connectivity index (χ1v) is 6.59. The van der Waals surface area contributed by atoms with Crippen molar-refractivity contribution in [1.82, 2.24) is 5.32 Å². The zero-order valence-electron chi connectivity index (χ0n) is 11.0. The molecule has 1 amide bonds. The minimum absolute atomic E-state index is 0.130. The summed E-state index contributed by atoms with van der Waals surface area (Å²) in [5.74, 6) is 0.359. The molecule has 1 rings (SSSR count). The van der Waals surface area contributed by atoms with E-state index in [0.29, 0.717) is 18.0 Å². The van der Waals surface area contributed by atoms with E-state index < -0.39 is 10.8 Å². The molecule has 19 heavy (non-hydrogen) atoms. The van der Waals surface area contributed by atoms with Gasteiger partial charge < -0.3 is 5.32 Å². The van der Waals surface area contributed by atoms with Crippen LogP contribution in [-0.2, 0) is 0 Å². The second-order valence-electron chi connectivity index (χ2n) is 4.52. The Labute approximate surface area is 117 Å². The molecule has 104 valence electrons. The molecule has 0 spiro atoms. The molecule has 0 saturated carbocycles. The summed E-state index contributed by atoms with van der Waals surface area (Å²) in [7, 11) is 0. The average molecular weight is 285 g/mol. The summed E-state index contributed by atoms with van der Waals surface area (Å²) < 4.78 is 0. The summed E-state index contributed by atoms with van der Waals surface area (Å²) in [6.07, 6.45) is 0.789. The molecular weight excluding hydrogens is 268 g/mol. The summed E-state index contributed by atoms with van der Waals surface area (Å²) in [6, 6.07) is 4.59. The minimum atomic E-state index is -0.538. The summed E-state index contributed by atoms with van der Waals surface area (Å²) in [4.78, 5) is 22.4.